The first-order valence-corrected chi connectivity index (χ1v) is 4.54. The second-order valence-corrected chi connectivity index (χ2v) is 3.44. The van der Waals surface area contributed by atoms with Gasteiger partial charge in [-0.15, -0.1) is 0 Å². The van der Waals surface area contributed by atoms with E-state index in [-0.39, 0.29) is 0 Å². The van der Waals surface area contributed by atoms with Crippen LogP contribution in [-0.2, 0) is 0 Å². The Morgan fingerprint density at radius 3 is 2.85 bits per heavy atom. The maximum atomic E-state index is 7.23. The lowest BCUT2D eigenvalue weighted by molar-refractivity contribution is 1.22. The molecule has 13 heavy (non-hydrogen) atoms. The van der Waals surface area contributed by atoms with Crippen molar-refractivity contribution in [3.63, 3.8) is 0 Å². The second-order valence-electron chi connectivity index (χ2n) is 2.63. The molecule has 4 heteroatoms. The van der Waals surface area contributed by atoms with Gasteiger partial charge in [0.15, 0.2) is 0 Å². The first-order valence-electron chi connectivity index (χ1n) is 3.75. The molecule has 0 bridgehead atoms. The van der Waals surface area contributed by atoms with Gasteiger partial charge in [-0.2, -0.15) is 0 Å². The molecule has 1 aromatic heterocycles. The molecule has 0 radical (unpaired) electrons. The molecule has 0 saturated heterocycles. The van der Waals surface area contributed by atoms with Crippen molar-refractivity contribution < 1.29 is 0 Å². The van der Waals surface area contributed by atoms with Crippen LogP contribution in [0.1, 0.15) is 12.6 Å². The van der Waals surface area contributed by atoms with Gasteiger partial charge in [0, 0.05) is 5.71 Å². The molecule has 0 atom stereocenters. The van der Waals surface area contributed by atoms with E-state index in [0.29, 0.717) is 17.1 Å². The number of halogens is 1. The van der Waals surface area contributed by atoms with Gasteiger partial charge in [0.25, 0.3) is 0 Å². The zero-order valence-electron chi connectivity index (χ0n) is 7.21. The number of pyridine rings is 1. The zero-order valence-corrected chi connectivity index (χ0v) is 8.80. The number of aromatic nitrogens is 1. The van der Waals surface area contributed by atoms with E-state index < -0.39 is 0 Å². The Hall–Kier alpha value is -1.16. The van der Waals surface area contributed by atoms with E-state index >= 15 is 0 Å². The van der Waals surface area contributed by atoms with Crippen LogP contribution >= 0.6 is 15.9 Å². The van der Waals surface area contributed by atoms with Crippen molar-refractivity contribution >= 4 is 27.3 Å². The van der Waals surface area contributed by atoms with Crippen LogP contribution in [0.15, 0.2) is 28.9 Å². The molecule has 0 unspecified atom stereocenters. The number of nitrogens with one attached hydrogen (secondary N) is 1. The Kier molecular flexibility index (Phi) is 3.19. The van der Waals surface area contributed by atoms with E-state index in [1.165, 1.54) is 0 Å². The largest absolute Gasteiger partial charge is 0.397 e. The lowest BCUT2D eigenvalue weighted by Gasteiger charge is -2.00. The Morgan fingerprint density at radius 2 is 2.31 bits per heavy atom. The van der Waals surface area contributed by atoms with Crippen LogP contribution in [0, 0.1) is 5.41 Å². The molecular weight excluding hydrogens is 230 g/mol. The number of rotatable bonds is 2. The van der Waals surface area contributed by atoms with Crippen molar-refractivity contribution in [2.75, 3.05) is 0 Å². The predicted molar refractivity (Wildman–Crippen MR) is 57.5 cm³/mol. The van der Waals surface area contributed by atoms with Gasteiger partial charge >= 0.3 is 0 Å². The lowest BCUT2D eigenvalue weighted by Crippen LogP contribution is -2.01. The number of hydrogen-bond donors (Lipinski definition) is 2. The minimum absolute atomic E-state index is 0.416. The van der Waals surface area contributed by atoms with Crippen molar-refractivity contribution in [1.82, 2.24) is 4.98 Å². The Labute approximate surface area is 85.3 Å². The molecular formula is C9H10BrN3. The van der Waals surface area contributed by atoms with Gasteiger partial charge in [-0.05, 0) is 41.1 Å². The molecule has 0 aliphatic heterocycles. The first-order chi connectivity index (χ1) is 6.09. The maximum Gasteiger partial charge on any atom is 0.106 e. The highest BCUT2D eigenvalue weighted by atomic mass is 79.9. The van der Waals surface area contributed by atoms with Gasteiger partial charge in [0.1, 0.15) is 4.60 Å². The van der Waals surface area contributed by atoms with Crippen molar-refractivity contribution in [2.24, 2.45) is 5.73 Å². The fourth-order valence-electron chi connectivity index (χ4n) is 0.876. The number of allylic oxidation sites excluding steroid dienone is 1. The molecule has 0 amide bonds. The summed E-state index contributed by atoms with van der Waals surface area (Å²) in [5, 5.41) is 7.23. The van der Waals surface area contributed by atoms with E-state index in [2.05, 4.69) is 20.9 Å². The minimum Gasteiger partial charge on any atom is -0.397 e. The molecule has 1 heterocycles. The monoisotopic (exact) mass is 239 g/mol. The minimum atomic E-state index is 0.416. The summed E-state index contributed by atoms with van der Waals surface area (Å²) in [4.78, 5) is 4.15. The summed E-state index contributed by atoms with van der Waals surface area (Å²) in [5.74, 6) is 0. The third-order valence-electron chi connectivity index (χ3n) is 1.38. The van der Waals surface area contributed by atoms with Gasteiger partial charge in [-0.1, -0.05) is 6.07 Å². The van der Waals surface area contributed by atoms with E-state index in [0.717, 1.165) is 4.60 Å². The molecule has 3 N–H and O–H groups in total. The molecule has 68 valence electrons. The van der Waals surface area contributed by atoms with Crippen molar-refractivity contribution in [3.05, 3.63) is 34.6 Å². The standard InChI is InChI=1S/C9H10BrN3/c1-6(11)5-7(12)8-3-2-4-9(10)13-8/h2-5,11H,12H2,1H3/b7-5-,11-6?. The highest BCUT2D eigenvalue weighted by Crippen LogP contribution is 2.10. The quantitative estimate of drug-likeness (QED) is 0.614. The summed E-state index contributed by atoms with van der Waals surface area (Å²) in [7, 11) is 0. The van der Waals surface area contributed by atoms with Gasteiger partial charge in [-0.3, -0.25) is 0 Å². The second kappa shape index (κ2) is 4.18. The highest BCUT2D eigenvalue weighted by molar-refractivity contribution is 9.10. The maximum absolute atomic E-state index is 7.23. The van der Waals surface area contributed by atoms with Gasteiger partial charge in [-0.25, -0.2) is 4.98 Å². The Morgan fingerprint density at radius 1 is 1.62 bits per heavy atom. The highest BCUT2D eigenvalue weighted by Gasteiger charge is 1.98. The van der Waals surface area contributed by atoms with Crippen LogP contribution in [-0.4, -0.2) is 10.7 Å². The topological polar surface area (TPSA) is 62.8 Å². The summed E-state index contributed by atoms with van der Waals surface area (Å²) in [6, 6.07) is 5.49. The van der Waals surface area contributed by atoms with Crippen LogP contribution in [0.25, 0.3) is 5.70 Å². The van der Waals surface area contributed by atoms with Crippen LogP contribution < -0.4 is 5.73 Å². The van der Waals surface area contributed by atoms with Crippen molar-refractivity contribution in [2.45, 2.75) is 6.92 Å². The summed E-state index contributed by atoms with van der Waals surface area (Å²) in [6.45, 7) is 1.67. The molecule has 0 aromatic carbocycles. The lowest BCUT2D eigenvalue weighted by atomic mass is 10.2. The SMILES string of the molecule is CC(=N)/C=C(\N)c1cccc(Br)n1. The summed E-state index contributed by atoms with van der Waals surface area (Å²) < 4.78 is 0.740. The molecule has 0 saturated carbocycles. The number of hydrogen-bond acceptors (Lipinski definition) is 3. The van der Waals surface area contributed by atoms with Crippen LogP contribution in [0.2, 0.25) is 0 Å². The molecule has 0 aliphatic carbocycles. The zero-order chi connectivity index (χ0) is 9.84. The van der Waals surface area contributed by atoms with E-state index in [9.17, 15) is 0 Å². The third-order valence-corrected chi connectivity index (χ3v) is 1.82. The average Bonchev–Trinajstić information content (AvgIpc) is 2.03. The fourth-order valence-corrected chi connectivity index (χ4v) is 1.22. The van der Waals surface area contributed by atoms with Crippen LogP contribution in [0.4, 0.5) is 0 Å². The van der Waals surface area contributed by atoms with Gasteiger partial charge < -0.3 is 11.1 Å². The molecule has 1 rings (SSSR count). The smallest absolute Gasteiger partial charge is 0.106 e. The van der Waals surface area contributed by atoms with Crippen molar-refractivity contribution in [1.29, 1.82) is 5.41 Å². The predicted octanol–water partition coefficient (Wildman–Crippen LogP) is 2.18. The summed E-state index contributed by atoms with van der Waals surface area (Å²) in [6.07, 6.45) is 1.58. The fraction of sp³-hybridized carbons (Fsp3) is 0.111. The van der Waals surface area contributed by atoms with Gasteiger partial charge in [0.2, 0.25) is 0 Å². The molecule has 3 nitrogen and oxygen atoms in total. The normalized spacial score (nSPS) is 11.4. The number of nitrogens with two attached hydrogens (primary N) is 1. The van der Waals surface area contributed by atoms with Crippen molar-refractivity contribution in [3.8, 4) is 0 Å². The molecule has 1 aromatic rings. The number of nitrogens with zero attached hydrogens (tertiary/aromatic N) is 1. The summed E-state index contributed by atoms with van der Waals surface area (Å²) >= 11 is 3.25. The third kappa shape index (κ3) is 2.99. The molecule has 0 fully saturated rings. The van der Waals surface area contributed by atoms with Crippen LogP contribution in [0.5, 0.6) is 0 Å². The van der Waals surface area contributed by atoms with E-state index in [1.807, 2.05) is 12.1 Å². The van der Waals surface area contributed by atoms with E-state index in [4.69, 9.17) is 11.1 Å². The van der Waals surface area contributed by atoms with E-state index in [1.54, 1.807) is 19.1 Å². The Balaban J connectivity index is 3.02. The van der Waals surface area contributed by atoms with Crippen LogP contribution in [0.3, 0.4) is 0 Å². The Bertz CT molecular complexity index is 358. The first kappa shape index (κ1) is 9.92. The summed E-state index contributed by atoms with van der Waals surface area (Å²) in [5.41, 5.74) is 7.31. The van der Waals surface area contributed by atoms with Gasteiger partial charge in [0.05, 0.1) is 11.4 Å². The molecule has 0 spiro atoms. The molecule has 0 aliphatic rings. The average molecular weight is 240 g/mol.